The van der Waals surface area contributed by atoms with Crippen molar-refractivity contribution in [1.29, 1.82) is 0 Å². The molecule has 0 aliphatic carbocycles. The molecule has 0 saturated heterocycles. The van der Waals surface area contributed by atoms with E-state index in [2.05, 4.69) is 15.9 Å². The third-order valence-corrected chi connectivity index (χ3v) is 2.83. The fourth-order valence-electron chi connectivity index (χ4n) is 1.42. The monoisotopic (exact) mass is 330 g/mol. The first-order chi connectivity index (χ1) is 8.81. The number of aliphatic hydroxyl groups is 1. The highest BCUT2D eigenvalue weighted by atomic mass is 79.9. The highest BCUT2D eigenvalue weighted by Crippen LogP contribution is 2.29. The summed E-state index contributed by atoms with van der Waals surface area (Å²) in [5.41, 5.74) is 5.39. The van der Waals surface area contributed by atoms with Gasteiger partial charge in [0.05, 0.1) is 6.10 Å². The molecule has 2 atom stereocenters. The van der Waals surface area contributed by atoms with E-state index in [1.165, 1.54) is 6.92 Å². The molecular weight excluding hydrogens is 316 g/mol. The summed E-state index contributed by atoms with van der Waals surface area (Å²) in [5.74, 6) is -0.280. The number of hydrogen-bond donors (Lipinski definition) is 3. The molecule has 0 saturated carbocycles. The lowest BCUT2D eigenvalue weighted by Crippen LogP contribution is -2.42. The van der Waals surface area contributed by atoms with Crippen LogP contribution in [0.4, 0.5) is 4.79 Å². The van der Waals surface area contributed by atoms with Gasteiger partial charge < -0.3 is 15.6 Å². The van der Waals surface area contributed by atoms with Gasteiger partial charge in [0, 0.05) is 10.0 Å². The number of benzene rings is 1. The van der Waals surface area contributed by atoms with Crippen LogP contribution in [0.25, 0.3) is 0 Å². The molecule has 0 radical (unpaired) electrons. The highest BCUT2D eigenvalue weighted by molar-refractivity contribution is 9.10. The van der Waals surface area contributed by atoms with Gasteiger partial charge in [-0.1, -0.05) is 15.9 Å². The predicted octanol–water partition coefficient (Wildman–Crippen LogP) is 1.46. The van der Waals surface area contributed by atoms with E-state index in [-0.39, 0.29) is 0 Å². The van der Waals surface area contributed by atoms with Gasteiger partial charge in [-0.25, -0.2) is 4.79 Å². The zero-order valence-electron chi connectivity index (χ0n) is 10.5. The Morgan fingerprint density at radius 3 is 2.58 bits per heavy atom. The van der Waals surface area contributed by atoms with Crippen LogP contribution in [0.2, 0.25) is 0 Å². The van der Waals surface area contributed by atoms with Gasteiger partial charge in [-0.3, -0.25) is 10.1 Å². The molecule has 0 bridgehead atoms. The maximum atomic E-state index is 11.5. The van der Waals surface area contributed by atoms with Crippen molar-refractivity contribution in [3.63, 3.8) is 0 Å². The first kappa shape index (κ1) is 15.5. The molecule has 1 aromatic rings. The van der Waals surface area contributed by atoms with Crippen molar-refractivity contribution in [2.45, 2.75) is 26.1 Å². The molecule has 0 aliphatic heterocycles. The van der Waals surface area contributed by atoms with E-state index in [1.54, 1.807) is 25.1 Å². The van der Waals surface area contributed by atoms with E-state index in [0.717, 1.165) is 4.47 Å². The summed E-state index contributed by atoms with van der Waals surface area (Å²) in [4.78, 5) is 22.1. The number of primary amides is 1. The van der Waals surface area contributed by atoms with Gasteiger partial charge in [-0.15, -0.1) is 0 Å². The van der Waals surface area contributed by atoms with Crippen LogP contribution in [0.3, 0.4) is 0 Å². The molecule has 0 fully saturated rings. The Hall–Kier alpha value is -1.60. The minimum absolute atomic E-state index is 0.366. The van der Waals surface area contributed by atoms with Crippen LogP contribution < -0.4 is 15.8 Å². The molecule has 3 amide bonds. The number of rotatable bonds is 4. The van der Waals surface area contributed by atoms with Gasteiger partial charge in [0.2, 0.25) is 0 Å². The van der Waals surface area contributed by atoms with E-state index < -0.39 is 24.1 Å². The van der Waals surface area contributed by atoms with E-state index in [9.17, 15) is 14.7 Å². The van der Waals surface area contributed by atoms with Crippen LogP contribution in [-0.4, -0.2) is 23.1 Å². The van der Waals surface area contributed by atoms with Crippen LogP contribution in [0.15, 0.2) is 22.7 Å². The lowest BCUT2D eigenvalue weighted by atomic mass is 10.1. The molecule has 0 spiro atoms. The Bertz CT molecular complexity index is 491. The van der Waals surface area contributed by atoms with Crippen molar-refractivity contribution in [3.05, 3.63) is 28.2 Å². The lowest BCUT2D eigenvalue weighted by Gasteiger charge is -2.18. The van der Waals surface area contributed by atoms with Crippen LogP contribution in [0.5, 0.6) is 5.75 Å². The number of nitrogens with one attached hydrogen (secondary N) is 1. The number of aliphatic hydroxyl groups excluding tert-OH is 1. The Labute approximate surface area is 119 Å². The largest absolute Gasteiger partial charge is 0.480 e. The number of carbonyl (C=O) groups is 2. The number of urea groups is 1. The van der Waals surface area contributed by atoms with E-state index in [0.29, 0.717) is 11.3 Å². The number of ether oxygens (including phenoxy) is 1. The van der Waals surface area contributed by atoms with Crippen molar-refractivity contribution < 1.29 is 19.4 Å². The quantitative estimate of drug-likeness (QED) is 0.777. The average Bonchev–Trinajstić information content (AvgIpc) is 2.30. The minimum Gasteiger partial charge on any atom is -0.480 e. The van der Waals surface area contributed by atoms with Crippen LogP contribution in [-0.2, 0) is 4.79 Å². The summed E-state index contributed by atoms with van der Waals surface area (Å²) in [5, 5.41) is 11.6. The number of imide groups is 1. The third-order valence-electron chi connectivity index (χ3n) is 2.34. The van der Waals surface area contributed by atoms with Gasteiger partial charge in [-0.2, -0.15) is 0 Å². The summed E-state index contributed by atoms with van der Waals surface area (Å²) < 4.78 is 6.21. The molecule has 0 aromatic heterocycles. The lowest BCUT2D eigenvalue weighted by molar-refractivity contribution is -0.126. The number of nitrogens with two attached hydrogens (primary N) is 1. The topological polar surface area (TPSA) is 102 Å². The number of carbonyl (C=O) groups excluding carboxylic acids is 2. The maximum absolute atomic E-state index is 11.5. The molecule has 1 rings (SSSR count). The summed E-state index contributed by atoms with van der Waals surface area (Å²) in [7, 11) is 0. The zero-order valence-corrected chi connectivity index (χ0v) is 12.1. The van der Waals surface area contributed by atoms with E-state index >= 15 is 0 Å². The summed E-state index contributed by atoms with van der Waals surface area (Å²) in [6, 6.07) is 4.10. The average molecular weight is 331 g/mol. The SMILES string of the molecule is CC(Oc1ccc(Br)cc1[C@H](C)O)C(=O)NC(N)=O. The molecule has 1 unspecified atom stereocenters. The molecule has 104 valence electrons. The van der Waals surface area contributed by atoms with Crippen LogP contribution in [0.1, 0.15) is 25.5 Å². The first-order valence-corrected chi connectivity index (χ1v) is 6.35. The summed E-state index contributed by atoms with van der Waals surface area (Å²) in [6.45, 7) is 3.06. The Kier molecular flexibility index (Phi) is 5.31. The standard InChI is InChI=1S/C12H15BrN2O4/c1-6(16)9-5-8(13)3-4-10(9)19-7(2)11(17)15-12(14)18/h3-7,16H,1-2H3,(H3,14,15,17,18)/t6-,7?/m0/s1. The second kappa shape index (κ2) is 6.53. The second-order valence-electron chi connectivity index (χ2n) is 3.97. The molecular formula is C12H15BrN2O4. The second-order valence-corrected chi connectivity index (χ2v) is 4.89. The Morgan fingerprint density at radius 2 is 2.05 bits per heavy atom. The molecule has 0 heterocycles. The number of amides is 3. The van der Waals surface area contributed by atoms with Crippen LogP contribution in [0, 0.1) is 0 Å². The van der Waals surface area contributed by atoms with Crippen molar-refractivity contribution in [2.75, 3.05) is 0 Å². The zero-order chi connectivity index (χ0) is 14.6. The van der Waals surface area contributed by atoms with Gasteiger partial charge in [-0.05, 0) is 32.0 Å². The fourth-order valence-corrected chi connectivity index (χ4v) is 1.80. The molecule has 4 N–H and O–H groups in total. The minimum atomic E-state index is -0.938. The molecule has 6 nitrogen and oxygen atoms in total. The van der Waals surface area contributed by atoms with Crippen LogP contribution >= 0.6 is 15.9 Å². The van der Waals surface area contributed by atoms with Gasteiger partial charge in [0.15, 0.2) is 6.10 Å². The molecule has 1 aromatic carbocycles. The Morgan fingerprint density at radius 1 is 1.42 bits per heavy atom. The number of halogens is 1. The third kappa shape index (κ3) is 4.53. The van der Waals surface area contributed by atoms with Gasteiger partial charge >= 0.3 is 6.03 Å². The van der Waals surface area contributed by atoms with Crippen molar-refractivity contribution in [3.8, 4) is 5.75 Å². The normalized spacial score (nSPS) is 13.5. The fraction of sp³-hybridized carbons (Fsp3) is 0.333. The van der Waals surface area contributed by atoms with E-state index in [4.69, 9.17) is 10.5 Å². The molecule has 0 aliphatic rings. The number of hydrogen-bond acceptors (Lipinski definition) is 4. The van der Waals surface area contributed by atoms with Crippen molar-refractivity contribution >= 4 is 27.9 Å². The summed E-state index contributed by atoms with van der Waals surface area (Å²) >= 11 is 3.29. The van der Waals surface area contributed by atoms with Crippen molar-refractivity contribution in [2.24, 2.45) is 5.73 Å². The predicted molar refractivity (Wildman–Crippen MR) is 72.6 cm³/mol. The van der Waals surface area contributed by atoms with Gasteiger partial charge in [0.1, 0.15) is 5.75 Å². The molecule has 19 heavy (non-hydrogen) atoms. The Balaban J connectivity index is 2.87. The van der Waals surface area contributed by atoms with Crippen molar-refractivity contribution in [1.82, 2.24) is 5.32 Å². The maximum Gasteiger partial charge on any atom is 0.318 e. The first-order valence-electron chi connectivity index (χ1n) is 5.55. The smallest absolute Gasteiger partial charge is 0.318 e. The van der Waals surface area contributed by atoms with Gasteiger partial charge in [0.25, 0.3) is 5.91 Å². The van der Waals surface area contributed by atoms with E-state index in [1.807, 2.05) is 5.32 Å². The summed E-state index contributed by atoms with van der Waals surface area (Å²) in [6.07, 6.45) is -1.66. The highest BCUT2D eigenvalue weighted by Gasteiger charge is 2.19. The molecule has 7 heteroatoms.